The van der Waals surface area contributed by atoms with Crippen molar-refractivity contribution in [3.63, 3.8) is 0 Å². The number of fused-ring (bicyclic) bond motifs is 1. The second-order valence-corrected chi connectivity index (χ2v) is 7.06. The lowest BCUT2D eigenvalue weighted by Crippen LogP contribution is -2.33. The van der Waals surface area contributed by atoms with Crippen LogP contribution in [0.4, 0.5) is 0 Å². The molecule has 2 heterocycles. The number of rotatable bonds is 7. The Morgan fingerprint density at radius 3 is 2.75 bits per heavy atom. The second kappa shape index (κ2) is 8.94. The normalized spacial score (nSPS) is 13.6. The Labute approximate surface area is 165 Å². The molecule has 2 aromatic rings. The molecule has 0 fully saturated rings. The minimum absolute atomic E-state index is 0.0467. The van der Waals surface area contributed by atoms with Gasteiger partial charge in [-0.3, -0.25) is 9.59 Å². The Morgan fingerprint density at radius 2 is 2.04 bits per heavy atom. The van der Waals surface area contributed by atoms with Crippen molar-refractivity contribution in [2.45, 2.75) is 19.9 Å². The van der Waals surface area contributed by atoms with Crippen LogP contribution in [-0.4, -0.2) is 54.7 Å². The molecule has 1 aliphatic heterocycles. The molecule has 28 heavy (non-hydrogen) atoms. The number of amides is 1. The minimum Gasteiger partial charge on any atom is -0.466 e. The maximum atomic E-state index is 12.9. The van der Waals surface area contributed by atoms with Crippen molar-refractivity contribution in [1.82, 2.24) is 9.88 Å². The number of ether oxygens (including phenoxy) is 3. The average Bonchev–Trinajstić information content (AvgIpc) is 3.31. The van der Waals surface area contributed by atoms with Crippen LogP contribution in [0, 0.1) is 0 Å². The standard InChI is InChI=1S/C19H20N2O6S/c1-3-27-18(23)8-17(22)21(14-11-26-10-12(14)19(24)25-2)9-16-20-13-6-4-5-7-15(13)28-16/h4-7H,3,8-11H2,1-2H3. The number of aromatic nitrogens is 1. The molecular formula is C19H20N2O6S. The Morgan fingerprint density at radius 1 is 1.25 bits per heavy atom. The van der Waals surface area contributed by atoms with Crippen LogP contribution in [0.3, 0.4) is 0 Å². The Hall–Kier alpha value is -2.78. The fourth-order valence-corrected chi connectivity index (χ4v) is 3.81. The first-order valence-corrected chi connectivity index (χ1v) is 9.53. The third kappa shape index (κ3) is 4.37. The van der Waals surface area contributed by atoms with Gasteiger partial charge in [-0.1, -0.05) is 12.1 Å². The van der Waals surface area contributed by atoms with E-state index in [1.54, 1.807) is 6.92 Å². The van der Waals surface area contributed by atoms with E-state index in [9.17, 15) is 14.4 Å². The van der Waals surface area contributed by atoms with Crippen LogP contribution in [0.15, 0.2) is 35.5 Å². The van der Waals surface area contributed by atoms with E-state index < -0.39 is 24.3 Å². The third-order valence-corrected chi connectivity index (χ3v) is 5.15. The highest BCUT2D eigenvalue weighted by Crippen LogP contribution is 2.27. The topological polar surface area (TPSA) is 95.0 Å². The van der Waals surface area contributed by atoms with Crippen molar-refractivity contribution in [3.05, 3.63) is 40.5 Å². The molecule has 1 aliphatic rings. The molecule has 0 aliphatic carbocycles. The number of hydrogen-bond acceptors (Lipinski definition) is 8. The third-order valence-electron chi connectivity index (χ3n) is 4.12. The van der Waals surface area contributed by atoms with Crippen LogP contribution in [0.1, 0.15) is 18.4 Å². The number of benzene rings is 1. The van der Waals surface area contributed by atoms with E-state index in [1.807, 2.05) is 24.3 Å². The predicted molar refractivity (Wildman–Crippen MR) is 101 cm³/mol. The summed E-state index contributed by atoms with van der Waals surface area (Å²) in [5.41, 5.74) is 1.48. The van der Waals surface area contributed by atoms with Gasteiger partial charge in [-0.25, -0.2) is 9.78 Å². The van der Waals surface area contributed by atoms with Gasteiger partial charge in [0.1, 0.15) is 11.4 Å². The lowest BCUT2D eigenvalue weighted by Gasteiger charge is -2.23. The van der Waals surface area contributed by atoms with Crippen LogP contribution in [0.25, 0.3) is 10.2 Å². The summed E-state index contributed by atoms with van der Waals surface area (Å²) in [6, 6.07) is 7.63. The van der Waals surface area contributed by atoms with Gasteiger partial charge >= 0.3 is 11.9 Å². The zero-order valence-corrected chi connectivity index (χ0v) is 16.4. The summed E-state index contributed by atoms with van der Waals surface area (Å²) in [7, 11) is 1.27. The SMILES string of the molecule is CCOC(=O)CC(=O)N(Cc1nc2ccccc2s1)C1=C(C(=O)OC)COC1. The molecule has 0 atom stereocenters. The molecule has 1 aromatic heterocycles. The van der Waals surface area contributed by atoms with Crippen LogP contribution < -0.4 is 0 Å². The smallest absolute Gasteiger partial charge is 0.337 e. The van der Waals surface area contributed by atoms with Crippen LogP contribution in [-0.2, 0) is 35.1 Å². The van der Waals surface area contributed by atoms with E-state index in [4.69, 9.17) is 14.2 Å². The van der Waals surface area contributed by atoms with Crippen molar-refractivity contribution >= 4 is 39.4 Å². The number of nitrogens with zero attached hydrogens (tertiary/aromatic N) is 2. The summed E-state index contributed by atoms with van der Waals surface area (Å²) in [5.74, 6) is -1.67. The van der Waals surface area contributed by atoms with Gasteiger partial charge < -0.3 is 19.1 Å². The summed E-state index contributed by atoms with van der Waals surface area (Å²) >= 11 is 1.45. The number of carbonyl (C=O) groups excluding carboxylic acids is 3. The molecule has 8 nitrogen and oxygen atoms in total. The zero-order chi connectivity index (χ0) is 20.1. The van der Waals surface area contributed by atoms with Gasteiger partial charge in [0.25, 0.3) is 0 Å². The fraction of sp³-hybridized carbons (Fsp3) is 0.368. The van der Waals surface area contributed by atoms with Crippen molar-refractivity contribution in [2.75, 3.05) is 26.9 Å². The van der Waals surface area contributed by atoms with Crippen LogP contribution in [0.5, 0.6) is 0 Å². The Balaban J connectivity index is 1.92. The Bertz CT molecular complexity index is 902. The number of hydrogen-bond donors (Lipinski definition) is 0. The predicted octanol–water partition coefficient (Wildman–Crippen LogP) is 2.04. The first-order valence-electron chi connectivity index (χ1n) is 8.72. The molecule has 0 saturated carbocycles. The van der Waals surface area contributed by atoms with E-state index in [2.05, 4.69) is 4.98 Å². The van der Waals surface area contributed by atoms with Crippen molar-refractivity contribution in [1.29, 1.82) is 0 Å². The Kier molecular flexibility index (Phi) is 6.37. The van der Waals surface area contributed by atoms with Gasteiger partial charge in [0.2, 0.25) is 5.91 Å². The first kappa shape index (κ1) is 20.0. The quantitative estimate of drug-likeness (QED) is 0.515. The van der Waals surface area contributed by atoms with E-state index in [-0.39, 0.29) is 31.9 Å². The van der Waals surface area contributed by atoms with Crippen molar-refractivity contribution in [2.24, 2.45) is 0 Å². The maximum Gasteiger partial charge on any atom is 0.337 e. The number of para-hydroxylation sites is 1. The zero-order valence-electron chi connectivity index (χ0n) is 15.6. The highest BCUT2D eigenvalue weighted by atomic mass is 32.1. The maximum absolute atomic E-state index is 12.9. The number of methoxy groups -OCH3 is 1. The molecule has 0 bridgehead atoms. The number of carbonyl (C=O) groups is 3. The van der Waals surface area contributed by atoms with E-state index in [1.165, 1.54) is 23.3 Å². The summed E-state index contributed by atoms with van der Waals surface area (Å²) in [4.78, 5) is 42.6. The van der Waals surface area contributed by atoms with Gasteiger partial charge in [-0.05, 0) is 19.1 Å². The molecule has 1 amide bonds. The molecule has 0 spiro atoms. The molecular weight excluding hydrogens is 384 g/mol. The minimum atomic E-state index is -0.624. The van der Waals surface area contributed by atoms with Gasteiger partial charge in [-0.15, -0.1) is 11.3 Å². The van der Waals surface area contributed by atoms with Gasteiger partial charge in [-0.2, -0.15) is 0 Å². The molecule has 0 saturated heterocycles. The van der Waals surface area contributed by atoms with Gasteiger partial charge in [0.05, 0.1) is 55.0 Å². The van der Waals surface area contributed by atoms with Crippen molar-refractivity contribution in [3.8, 4) is 0 Å². The summed E-state index contributed by atoms with van der Waals surface area (Å²) in [5, 5.41) is 0.682. The molecule has 0 radical (unpaired) electrons. The van der Waals surface area contributed by atoms with Crippen LogP contribution in [0.2, 0.25) is 0 Å². The average molecular weight is 404 g/mol. The lowest BCUT2D eigenvalue weighted by molar-refractivity contribution is -0.148. The molecule has 0 N–H and O–H groups in total. The van der Waals surface area contributed by atoms with Crippen molar-refractivity contribution < 1.29 is 28.6 Å². The second-order valence-electron chi connectivity index (χ2n) is 5.95. The number of esters is 2. The number of thiazole rings is 1. The largest absolute Gasteiger partial charge is 0.466 e. The van der Waals surface area contributed by atoms with E-state index in [0.29, 0.717) is 10.7 Å². The van der Waals surface area contributed by atoms with Crippen LogP contribution >= 0.6 is 11.3 Å². The van der Waals surface area contributed by atoms with E-state index >= 15 is 0 Å². The summed E-state index contributed by atoms with van der Waals surface area (Å²) < 4.78 is 16.0. The first-order chi connectivity index (χ1) is 13.5. The van der Waals surface area contributed by atoms with E-state index in [0.717, 1.165) is 10.2 Å². The van der Waals surface area contributed by atoms with Gasteiger partial charge in [0.15, 0.2) is 0 Å². The summed E-state index contributed by atoms with van der Waals surface area (Å²) in [6.07, 6.45) is -0.434. The highest BCUT2D eigenvalue weighted by Gasteiger charge is 2.31. The monoisotopic (exact) mass is 404 g/mol. The highest BCUT2D eigenvalue weighted by molar-refractivity contribution is 7.18. The molecule has 9 heteroatoms. The summed E-state index contributed by atoms with van der Waals surface area (Å²) in [6.45, 7) is 2.10. The van der Waals surface area contributed by atoms with Gasteiger partial charge in [0, 0.05) is 0 Å². The molecule has 3 rings (SSSR count). The fourth-order valence-electron chi connectivity index (χ4n) is 2.85. The molecule has 1 aromatic carbocycles. The lowest BCUT2D eigenvalue weighted by atomic mass is 10.2. The molecule has 148 valence electrons. The molecule has 0 unspecified atom stereocenters.